The lowest BCUT2D eigenvalue weighted by atomic mass is 10.1. The predicted octanol–water partition coefficient (Wildman–Crippen LogP) is 2.98. The van der Waals surface area contributed by atoms with Gasteiger partial charge in [-0.15, -0.1) is 0 Å². The van der Waals surface area contributed by atoms with E-state index in [0.717, 1.165) is 16.5 Å². The van der Waals surface area contributed by atoms with Gasteiger partial charge < -0.3 is 5.11 Å². The molecule has 0 radical (unpaired) electrons. The summed E-state index contributed by atoms with van der Waals surface area (Å²) in [5, 5.41) is 9.88. The normalized spacial score (nSPS) is 26.2. The van der Waals surface area contributed by atoms with Gasteiger partial charge in [0.05, 0.1) is 6.10 Å². The molecule has 0 bridgehead atoms. The third-order valence-electron chi connectivity index (χ3n) is 2.76. The fourth-order valence-corrected chi connectivity index (χ4v) is 2.77. The van der Waals surface area contributed by atoms with E-state index in [1.807, 2.05) is 0 Å². The molecule has 0 spiro atoms. The molecule has 0 saturated heterocycles. The summed E-state index contributed by atoms with van der Waals surface area (Å²) in [5.74, 6) is 0.355. The molecular weight excluding hydrogens is 228 g/mol. The summed E-state index contributed by atoms with van der Waals surface area (Å²) in [4.78, 5) is 0. The van der Waals surface area contributed by atoms with Gasteiger partial charge in [0.25, 0.3) is 0 Å². The third kappa shape index (κ3) is 1.42. The van der Waals surface area contributed by atoms with E-state index < -0.39 is 0 Å². The molecule has 0 heterocycles. The lowest BCUT2D eigenvalue weighted by Gasteiger charge is -2.08. The summed E-state index contributed by atoms with van der Waals surface area (Å²) in [7, 11) is 0. The predicted molar refractivity (Wildman–Crippen MR) is 56.7 cm³/mol. The zero-order chi connectivity index (χ0) is 9.59. The minimum Gasteiger partial charge on any atom is -0.388 e. The molecule has 1 aromatic carbocycles. The van der Waals surface area contributed by atoms with Crippen molar-refractivity contribution in [1.29, 1.82) is 0 Å². The van der Waals surface area contributed by atoms with Crippen molar-refractivity contribution >= 4 is 15.9 Å². The van der Waals surface area contributed by atoms with Crippen LogP contribution in [0.1, 0.15) is 29.7 Å². The number of hydrogen-bond donors (Lipinski definition) is 1. The van der Waals surface area contributed by atoms with Crippen LogP contribution in [0.25, 0.3) is 0 Å². The van der Waals surface area contributed by atoms with E-state index in [4.69, 9.17) is 0 Å². The summed E-state index contributed by atoms with van der Waals surface area (Å²) in [5.41, 5.74) is 3.60. The highest BCUT2D eigenvalue weighted by atomic mass is 79.9. The lowest BCUT2D eigenvalue weighted by molar-refractivity contribution is 0.133. The molecule has 0 saturated carbocycles. The minimum absolute atomic E-state index is 0.272. The molecule has 1 nitrogen and oxygen atoms in total. The van der Waals surface area contributed by atoms with Crippen LogP contribution in [0.3, 0.4) is 0 Å². The highest BCUT2D eigenvalue weighted by molar-refractivity contribution is 9.10. The number of hydrogen-bond acceptors (Lipinski definition) is 1. The Hall–Kier alpha value is -0.340. The van der Waals surface area contributed by atoms with E-state index in [1.165, 1.54) is 11.1 Å². The van der Waals surface area contributed by atoms with Crippen molar-refractivity contribution in [3.8, 4) is 0 Å². The first kappa shape index (κ1) is 9.22. The molecule has 13 heavy (non-hydrogen) atoms. The molecule has 0 amide bonds. The minimum atomic E-state index is -0.272. The second-order valence-electron chi connectivity index (χ2n) is 3.94. The van der Waals surface area contributed by atoms with Gasteiger partial charge in [-0.05, 0) is 42.0 Å². The second-order valence-corrected chi connectivity index (χ2v) is 4.80. The van der Waals surface area contributed by atoms with Gasteiger partial charge >= 0.3 is 0 Å². The summed E-state index contributed by atoms with van der Waals surface area (Å²) < 4.78 is 1.14. The maximum absolute atomic E-state index is 9.88. The summed E-state index contributed by atoms with van der Waals surface area (Å²) in [6.07, 6.45) is 0.711. The first-order valence-corrected chi connectivity index (χ1v) is 5.36. The number of aliphatic hydroxyl groups excluding tert-OH is 1. The van der Waals surface area contributed by atoms with Crippen molar-refractivity contribution < 1.29 is 5.11 Å². The quantitative estimate of drug-likeness (QED) is 0.740. The average Bonchev–Trinajstić information content (AvgIpc) is 2.32. The number of aliphatic hydroxyl groups is 1. The van der Waals surface area contributed by atoms with E-state index in [2.05, 4.69) is 41.9 Å². The Morgan fingerprint density at radius 3 is 2.85 bits per heavy atom. The number of fused-ring (bicyclic) bond motifs is 1. The highest BCUT2D eigenvalue weighted by Crippen LogP contribution is 2.39. The first-order chi connectivity index (χ1) is 6.09. The molecule has 2 rings (SSSR count). The lowest BCUT2D eigenvalue weighted by Crippen LogP contribution is -2.01. The molecule has 1 N–H and O–H groups in total. The van der Waals surface area contributed by atoms with Crippen LogP contribution in [-0.2, 0) is 6.42 Å². The van der Waals surface area contributed by atoms with Crippen LogP contribution in [0, 0.1) is 12.8 Å². The highest BCUT2D eigenvalue weighted by Gasteiger charge is 2.28. The van der Waals surface area contributed by atoms with Crippen molar-refractivity contribution in [2.75, 3.05) is 0 Å². The van der Waals surface area contributed by atoms with Crippen LogP contribution in [0.4, 0.5) is 0 Å². The van der Waals surface area contributed by atoms with Crippen LogP contribution in [0.2, 0.25) is 0 Å². The van der Waals surface area contributed by atoms with Gasteiger partial charge in [-0.1, -0.05) is 28.9 Å². The average molecular weight is 241 g/mol. The Bertz CT molecular complexity index is 346. The maximum Gasteiger partial charge on any atom is 0.0821 e. The Kier molecular flexibility index (Phi) is 2.20. The molecule has 2 unspecified atom stereocenters. The Morgan fingerprint density at radius 1 is 1.46 bits per heavy atom. The Labute approximate surface area is 86.9 Å². The fraction of sp³-hybridized carbons (Fsp3) is 0.455. The zero-order valence-corrected chi connectivity index (χ0v) is 9.43. The third-order valence-corrected chi connectivity index (χ3v) is 3.47. The first-order valence-electron chi connectivity index (χ1n) is 4.56. The summed E-state index contributed by atoms with van der Waals surface area (Å²) in [6.45, 7) is 4.15. The molecule has 0 aliphatic heterocycles. The molecule has 1 aliphatic carbocycles. The SMILES string of the molecule is Cc1cc(Br)c2c(c1)C(O)C(C)C2. The monoisotopic (exact) mass is 240 g/mol. The molecule has 0 fully saturated rings. The van der Waals surface area contributed by atoms with Crippen LogP contribution >= 0.6 is 15.9 Å². The second kappa shape index (κ2) is 3.10. The standard InChI is InChI=1S/C11H13BrO/c1-6-3-9-8(10(12)4-6)5-7(2)11(9)13/h3-4,7,11,13H,5H2,1-2H3. The van der Waals surface area contributed by atoms with Gasteiger partial charge in [-0.3, -0.25) is 0 Å². The van der Waals surface area contributed by atoms with E-state index in [-0.39, 0.29) is 6.10 Å². The molecule has 1 aromatic rings. The van der Waals surface area contributed by atoms with Crippen LogP contribution in [-0.4, -0.2) is 5.11 Å². The summed E-state index contributed by atoms with van der Waals surface area (Å²) >= 11 is 3.54. The van der Waals surface area contributed by atoms with E-state index >= 15 is 0 Å². The van der Waals surface area contributed by atoms with Gasteiger partial charge in [0, 0.05) is 4.47 Å². The van der Waals surface area contributed by atoms with Crippen LogP contribution in [0.15, 0.2) is 16.6 Å². The van der Waals surface area contributed by atoms with Gasteiger partial charge in [0.15, 0.2) is 0 Å². The summed E-state index contributed by atoms with van der Waals surface area (Å²) in [6, 6.07) is 4.21. The van der Waals surface area contributed by atoms with E-state index in [1.54, 1.807) is 0 Å². The van der Waals surface area contributed by atoms with Gasteiger partial charge in [-0.25, -0.2) is 0 Å². The fourth-order valence-electron chi connectivity index (χ4n) is 2.02. The van der Waals surface area contributed by atoms with Crippen molar-refractivity contribution in [1.82, 2.24) is 0 Å². The Balaban J connectivity index is 2.57. The molecule has 70 valence electrons. The van der Waals surface area contributed by atoms with Crippen molar-refractivity contribution in [2.24, 2.45) is 5.92 Å². The Morgan fingerprint density at radius 2 is 2.15 bits per heavy atom. The van der Waals surface area contributed by atoms with Crippen molar-refractivity contribution in [3.63, 3.8) is 0 Å². The van der Waals surface area contributed by atoms with Crippen LogP contribution < -0.4 is 0 Å². The van der Waals surface area contributed by atoms with Gasteiger partial charge in [0.1, 0.15) is 0 Å². The van der Waals surface area contributed by atoms with Crippen molar-refractivity contribution in [2.45, 2.75) is 26.4 Å². The smallest absolute Gasteiger partial charge is 0.0821 e. The van der Waals surface area contributed by atoms with E-state index in [9.17, 15) is 5.11 Å². The maximum atomic E-state index is 9.88. The molecule has 2 atom stereocenters. The largest absolute Gasteiger partial charge is 0.388 e. The van der Waals surface area contributed by atoms with Gasteiger partial charge in [-0.2, -0.15) is 0 Å². The molecule has 2 heteroatoms. The van der Waals surface area contributed by atoms with Crippen LogP contribution in [0.5, 0.6) is 0 Å². The molecular formula is C11H13BrO. The molecule has 0 aromatic heterocycles. The number of benzene rings is 1. The van der Waals surface area contributed by atoms with E-state index in [0.29, 0.717) is 5.92 Å². The van der Waals surface area contributed by atoms with Gasteiger partial charge in [0.2, 0.25) is 0 Å². The molecule has 1 aliphatic rings. The number of halogens is 1. The zero-order valence-electron chi connectivity index (χ0n) is 7.84. The van der Waals surface area contributed by atoms with Crippen molar-refractivity contribution in [3.05, 3.63) is 33.3 Å². The number of aryl methyl sites for hydroxylation is 1. The topological polar surface area (TPSA) is 20.2 Å². The number of rotatable bonds is 0.